The molecule has 14 heteroatoms. The van der Waals surface area contributed by atoms with E-state index in [1.807, 2.05) is 0 Å². The van der Waals surface area contributed by atoms with Gasteiger partial charge in [-0.2, -0.15) is 0 Å². The lowest BCUT2D eigenvalue weighted by molar-refractivity contribution is -0.383. The molecule has 170 valence electrons. The van der Waals surface area contributed by atoms with Crippen LogP contribution in [-0.2, 0) is 4.79 Å². The lowest BCUT2D eigenvalue weighted by atomic mass is 10.2. The van der Waals surface area contributed by atoms with Crippen molar-refractivity contribution < 1.29 is 19.2 Å². The number of halogens is 2. The summed E-state index contributed by atoms with van der Waals surface area (Å²) in [4.78, 5) is 42.6. The van der Waals surface area contributed by atoms with Gasteiger partial charge < -0.3 is 4.74 Å². The Kier molecular flexibility index (Phi) is 7.78. The smallest absolute Gasteiger partial charge is 0.356 e. The minimum Gasteiger partial charge on any atom is -0.484 e. The van der Waals surface area contributed by atoms with Crippen LogP contribution >= 0.6 is 23.2 Å². The Morgan fingerprint density at radius 2 is 1.67 bits per heavy atom. The van der Waals surface area contributed by atoms with E-state index in [2.05, 4.69) is 31.7 Å². The minimum atomic E-state index is -0.793. The van der Waals surface area contributed by atoms with Crippen molar-refractivity contribution in [2.45, 2.75) is 0 Å². The molecule has 1 aromatic heterocycles. The number of carbonyl (C=O) groups is 2. The van der Waals surface area contributed by atoms with Crippen molar-refractivity contribution >= 4 is 52.3 Å². The van der Waals surface area contributed by atoms with E-state index in [1.165, 1.54) is 18.2 Å². The first-order valence-corrected chi connectivity index (χ1v) is 9.84. The first-order chi connectivity index (χ1) is 15.8. The third-order valence-electron chi connectivity index (χ3n) is 3.91. The van der Waals surface area contributed by atoms with Gasteiger partial charge in [0.15, 0.2) is 6.61 Å². The summed E-state index contributed by atoms with van der Waals surface area (Å²) < 4.78 is 5.28. The number of hydrazine groups is 2. The minimum absolute atomic E-state index is 0.0781. The van der Waals surface area contributed by atoms with Crippen molar-refractivity contribution in [3.63, 3.8) is 0 Å². The molecule has 0 aliphatic carbocycles. The fourth-order valence-corrected chi connectivity index (χ4v) is 2.92. The Hall–Kier alpha value is -4.16. The molecule has 12 nitrogen and oxygen atoms in total. The molecule has 2 aromatic carbocycles. The fraction of sp³-hybridized carbons (Fsp3) is 0.0526. The Morgan fingerprint density at radius 1 is 1.00 bits per heavy atom. The molecule has 0 saturated heterocycles. The lowest BCUT2D eigenvalue weighted by Gasteiger charge is -2.12. The maximum Gasteiger partial charge on any atom is 0.356 e. The van der Waals surface area contributed by atoms with Crippen LogP contribution in [-0.4, -0.2) is 33.3 Å². The molecule has 3 aromatic rings. The highest BCUT2D eigenvalue weighted by atomic mass is 35.5. The SMILES string of the molecule is O=C(COc1ccccc1)NNc1ncnc(NNC(=O)c2ccc(Cl)cc2Cl)c1[N+](=O)[O-]. The van der Waals surface area contributed by atoms with Gasteiger partial charge in [0.05, 0.1) is 15.5 Å². The van der Waals surface area contributed by atoms with Crippen molar-refractivity contribution in [1.82, 2.24) is 20.8 Å². The van der Waals surface area contributed by atoms with E-state index in [0.29, 0.717) is 10.8 Å². The van der Waals surface area contributed by atoms with Gasteiger partial charge in [-0.15, -0.1) is 0 Å². The number of rotatable bonds is 9. The van der Waals surface area contributed by atoms with Crippen LogP contribution in [0.25, 0.3) is 0 Å². The zero-order valence-corrected chi connectivity index (χ0v) is 18.1. The summed E-state index contributed by atoms with van der Waals surface area (Å²) in [6.07, 6.45) is 0.992. The van der Waals surface area contributed by atoms with E-state index in [1.54, 1.807) is 30.3 Å². The first kappa shape index (κ1) is 23.5. The van der Waals surface area contributed by atoms with E-state index < -0.39 is 22.4 Å². The molecule has 0 aliphatic heterocycles. The van der Waals surface area contributed by atoms with Gasteiger partial charge in [0.1, 0.15) is 12.1 Å². The second-order valence-corrected chi connectivity index (χ2v) is 7.00. The molecule has 0 fully saturated rings. The molecule has 33 heavy (non-hydrogen) atoms. The Labute approximate surface area is 196 Å². The maximum atomic E-state index is 12.3. The van der Waals surface area contributed by atoms with E-state index in [0.717, 1.165) is 6.33 Å². The largest absolute Gasteiger partial charge is 0.484 e. The molecule has 0 bridgehead atoms. The summed E-state index contributed by atoms with van der Waals surface area (Å²) >= 11 is 11.8. The van der Waals surface area contributed by atoms with Gasteiger partial charge in [-0.05, 0) is 30.3 Å². The average Bonchev–Trinajstić information content (AvgIpc) is 2.80. The van der Waals surface area contributed by atoms with Crippen LogP contribution in [0.1, 0.15) is 10.4 Å². The summed E-state index contributed by atoms with van der Waals surface area (Å²) in [7, 11) is 0. The molecule has 0 unspecified atom stereocenters. The lowest BCUT2D eigenvalue weighted by Crippen LogP contribution is -2.34. The molecule has 0 spiro atoms. The summed E-state index contributed by atoms with van der Waals surface area (Å²) in [5, 5.41) is 12.0. The van der Waals surface area contributed by atoms with Crippen LogP contribution in [0, 0.1) is 10.1 Å². The van der Waals surface area contributed by atoms with Crippen LogP contribution in [0.3, 0.4) is 0 Å². The van der Waals surface area contributed by atoms with Gasteiger partial charge in [0.2, 0.25) is 11.6 Å². The molecule has 4 N–H and O–H groups in total. The maximum absolute atomic E-state index is 12.3. The monoisotopic (exact) mass is 491 g/mol. The van der Waals surface area contributed by atoms with Crippen LogP contribution in [0.5, 0.6) is 5.75 Å². The van der Waals surface area contributed by atoms with Crippen LogP contribution in [0.2, 0.25) is 10.0 Å². The Balaban J connectivity index is 1.64. The van der Waals surface area contributed by atoms with Crippen molar-refractivity contribution in [1.29, 1.82) is 0 Å². The van der Waals surface area contributed by atoms with Gasteiger partial charge in [0.25, 0.3) is 11.8 Å². The summed E-state index contributed by atoms with van der Waals surface area (Å²) in [6, 6.07) is 12.8. The van der Waals surface area contributed by atoms with Gasteiger partial charge in [0, 0.05) is 5.02 Å². The second-order valence-electron chi connectivity index (χ2n) is 6.15. The quantitative estimate of drug-likeness (QED) is 0.260. The average molecular weight is 492 g/mol. The number of nitrogens with zero attached hydrogens (tertiary/aromatic N) is 3. The number of hydrogen-bond donors (Lipinski definition) is 4. The number of nitro groups is 1. The molecule has 2 amide bonds. The number of para-hydroxylation sites is 1. The highest BCUT2D eigenvalue weighted by molar-refractivity contribution is 6.36. The number of benzene rings is 2. The first-order valence-electron chi connectivity index (χ1n) is 9.08. The molecular weight excluding hydrogens is 477 g/mol. The van der Waals surface area contributed by atoms with E-state index in [9.17, 15) is 19.7 Å². The number of carbonyl (C=O) groups excluding carboxylic acids is 2. The molecule has 3 rings (SSSR count). The zero-order chi connectivity index (χ0) is 23.8. The molecule has 0 atom stereocenters. The van der Waals surface area contributed by atoms with Gasteiger partial charge in [-0.1, -0.05) is 41.4 Å². The number of anilines is 2. The number of nitrogens with one attached hydrogen (secondary N) is 4. The van der Waals surface area contributed by atoms with E-state index in [-0.39, 0.29) is 28.8 Å². The predicted octanol–water partition coefficient (Wildman–Crippen LogP) is 2.97. The standard InChI is InChI=1S/C19H15Cl2N7O5/c20-11-6-7-13(14(21)8-11)19(30)27-26-18-16(28(31)32)17(22-10-23-18)25-24-15(29)9-33-12-4-2-1-3-5-12/h1-8,10H,9H2,(H,24,29)(H,27,30)(H2,22,23,25,26). The Bertz CT molecular complexity index is 1180. The van der Waals surface area contributed by atoms with Crippen molar-refractivity contribution in [2.24, 2.45) is 0 Å². The third-order valence-corrected chi connectivity index (χ3v) is 4.46. The van der Waals surface area contributed by atoms with Crippen molar-refractivity contribution in [2.75, 3.05) is 17.5 Å². The number of ether oxygens (including phenoxy) is 1. The van der Waals surface area contributed by atoms with E-state index >= 15 is 0 Å². The van der Waals surface area contributed by atoms with Gasteiger partial charge >= 0.3 is 5.69 Å². The van der Waals surface area contributed by atoms with Crippen LogP contribution in [0.4, 0.5) is 17.3 Å². The molecule has 0 saturated carbocycles. The van der Waals surface area contributed by atoms with Gasteiger partial charge in [-0.3, -0.25) is 41.4 Å². The van der Waals surface area contributed by atoms with E-state index in [4.69, 9.17) is 27.9 Å². The number of amides is 2. The zero-order valence-electron chi connectivity index (χ0n) is 16.5. The van der Waals surface area contributed by atoms with Crippen molar-refractivity contribution in [3.8, 4) is 5.75 Å². The molecule has 0 radical (unpaired) electrons. The van der Waals surface area contributed by atoms with Crippen LogP contribution in [0.15, 0.2) is 54.9 Å². The predicted molar refractivity (Wildman–Crippen MR) is 120 cm³/mol. The highest BCUT2D eigenvalue weighted by Gasteiger charge is 2.24. The number of hydrogen-bond acceptors (Lipinski definition) is 9. The topological polar surface area (TPSA) is 160 Å². The third kappa shape index (κ3) is 6.41. The summed E-state index contributed by atoms with van der Waals surface area (Å²) in [5.74, 6) is -1.50. The van der Waals surface area contributed by atoms with Gasteiger partial charge in [-0.25, -0.2) is 9.97 Å². The normalized spacial score (nSPS) is 10.1. The summed E-state index contributed by atoms with van der Waals surface area (Å²) in [5.41, 5.74) is 8.63. The molecule has 1 heterocycles. The second kappa shape index (κ2) is 10.9. The van der Waals surface area contributed by atoms with Crippen molar-refractivity contribution in [3.05, 3.63) is 80.6 Å². The van der Waals surface area contributed by atoms with Crippen LogP contribution < -0.4 is 26.4 Å². The number of aromatic nitrogens is 2. The molecular formula is C19H15Cl2N7O5. The molecule has 0 aliphatic rings. The highest BCUT2D eigenvalue weighted by Crippen LogP contribution is 2.28. The Morgan fingerprint density at radius 3 is 2.30 bits per heavy atom. The summed E-state index contributed by atoms with van der Waals surface area (Å²) in [6.45, 7) is -0.348. The fourth-order valence-electron chi connectivity index (χ4n) is 2.42.